The molecule has 30 heavy (non-hydrogen) atoms. The fourth-order valence-corrected chi connectivity index (χ4v) is 4.36. The summed E-state index contributed by atoms with van der Waals surface area (Å²) in [4.78, 5) is 11.4. The molecule has 0 amide bonds. The van der Waals surface area contributed by atoms with Gasteiger partial charge in [-0.25, -0.2) is 0 Å². The maximum Gasteiger partial charge on any atom is 0.305 e. The van der Waals surface area contributed by atoms with E-state index in [0.29, 0.717) is 13.0 Å². The molecule has 0 aliphatic rings. The van der Waals surface area contributed by atoms with Gasteiger partial charge in [0, 0.05) is 6.42 Å². The van der Waals surface area contributed by atoms with Crippen molar-refractivity contribution < 1.29 is 9.53 Å². The Morgan fingerprint density at radius 2 is 0.900 bits per heavy atom. The molecule has 0 aliphatic heterocycles. The number of rotatable bonds is 24. The number of unbranched alkanes of at least 4 members (excludes halogenated alkanes) is 16. The summed E-state index contributed by atoms with van der Waals surface area (Å²) >= 11 is 0. The standard InChI is InChI=1S/C28H56O2/c1-4-7-9-11-13-15-16-18-20-22-24-27(25-26-30-28(29)6-3)23-21-19-17-14-12-10-8-5-2/h27H,4-26H2,1-3H3. The second kappa shape index (κ2) is 24.7. The van der Waals surface area contributed by atoms with Gasteiger partial charge < -0.3 is 4.74 Å². The van der Waals surface area contributed by atoms with Gasteiger partial charge in [0.1, 0.15) is 0 Å². The normalized spacial score (nSPS) is 12.2. The average molecular weight is 425 g/mol. The van der Waals surface area contributed by atoms with E-state index in [4.69, 9.17) is 4.74 Å². The Morgan fingerprint density at radius 1 is 0.533 bits per heavy atom. The summed E-state index contributed by atoms with van der Waals surface area (Å²) in [5, 5.41) is 0. The topological polar surface area (TPSA) is 26.3 Å². The molecule has 2 heteroatoms. The molecule has 0 radical (unpaired) electrons. The fourth-order valence-electron chi connectivity index (χ4n) is 4.36. The molecule has 0 fully saturated rings. The maximum absolute atomic E-state index is 11.4. The summed E-state index contributed by atoms with van der Waals surface area (Å²) in [6, 6.07) is 0. The lowest BCUT2D eigenvalue weighted by molar-refractivity contribution is -0.143. The van der Waals surface area contributed by atoms with Gasteiger partial charge in [-0.15, -0.1) is 0 Å². The van der Waals surface area contributed by atoms with E-state index in [1.807, 2.05) is 6.92 Å². The second-order valence-electron chi connectivity index (χ2n) is 9.46. The first kappa shape index (κ1) is 29.5. The number of carbonyl (C=O) groups excluding carboxylic acids is 1. The summed E-state index contributed by atoms with van der Waals surface area (Å²) in [6.07, 6.45) is 29.4. The van der Waals surface area contributed by atoms with Crippen molar-refractivity contribution in [2.24, 2.45) is 5.92 Å². The van der Waals surface area contributed by atoms with Crippen LogP contribution < -0.4 is 0 Å². The van der Waals surface area contributed by atoms with Crippen molar-refractivity contribution in [2.75, 3.05) is 6.61 Å². The fraction of sp³-hybridized carbons (Fsp3) is 0.964. The van der Waals surface area contributed by atoms with Gasteiger partial charge in [-0.2, -0.15) is 0 Å². The molecule has 0 aromatic carbocycles. The first-order chi connectivity index (χ1) is 14.7. The Bertz CT molecular complexity index is 340. The van der Waals surface area contributed by atoms with Gasteiger partial charge in [0.25, 0.3) is 0 Å². The van der Waals surface area contributed by atoms with E-state index in [-0.39, 0.29) is 5.97 Å². The van der Waals surface area contributed by atoms with Crippen LogP contribution in [0.1, 0.15) is 162 Å². The molecule has 0 spiro atoms. The van der Waals surface area contributed by atoms with Crippen LogP contribution in [0.15, 0.2) is 0 Å². The van der Waals surface area contributed by atoms with Gasteiger partial charge in [0.05, 0.1) is 6.61 Å². The minimum absolute atomic E-state index is 0.0419. The van der Waals surface area contributed by atoms with Crippen molar-refractivity contribution >= 4 is 5.97 Å². The van der Waals surface area contributed by atoms with Crippen LogP contribution in [0.3, 0.4) is 0 Å². The summed E-state index contributed by atoms with van der Waals surface area (Å²) in [6.45, 7) is 7.08. The lowest BCUT2D eigenvalue weighted by atomic mass is 9.91. The molecule has 1 unspecified atom stereocenters. The molecular formula is C28H56O2. The van der Waals surface area contributed by atoms with Crippen LogP contribution in [0.5, 0.6) is 0 Å². The summed E-state index contributed by atoms with van der Waals surface area (Å²) in [5.74, 6) is 0.712. The highest BCUT2D eigenvalue weighted by molar-refractivity contribution is 5.68. The highest BCUT2D eigenvalue weighted by Crippen LogP contribution is 2.22. The summed E-state index contributed by atoms with van der Waals surface area (Å²) < 4.78 is 5.36. The van der Waals surface area contributed by atoms with E-state index < -0.39 is 0 Å². The van der Waals surface area contributed by atoms with E-state index in [9.17, 15) is 4.79 Å². The Morgan fingerprint density at radius 3 is 1.27 bits per heavy atom. The predicted octanol–water partition coefficient (Wildman–Crippen LogP) is 9.79. The van der Waals surface area contributed by atoms with E-state index in [1.54, 1.807) is 0 Å². The van der Waals surface area contributed by atoms with Crippen LogP contribution >= 0.6 is 0 Å². The molecule has 0 heterocycles. The number of ether oxygens (including phenoxy) is 1. The van der Waals surface area contributed by atoms with Crippen molar-refractivity contribution in [3.8, 4) is 0 Å². The van der Waals surface area contributed by atoms with Crippen molar-refractivity contribution in [3.63, 3.8) is 0 Å². The largest absolute Gasteiger partial charge is 0.466 e. The van der Waals surface area contributed by atoms with Gasteiger partial charge in [0.15, 0.2) is 0 Å². The smallest absolute Gasteiger partial charge is 0.305 e. The van der Waals surface area contributed by atoms with Gasteiger partial charge in [-0.3, -0.25) is 4.79 Å². The number of esters is 1. The molecule has 0 rings (SSSR count). The SMILES string of the molecule is CCCCCCCCCCCCC(CCCCCCCCCC)CCOC(=O)CC. The van der Waals surface area contributed by atoms with Gasteiger partial charge in [0.2, 0.25) is 0 Å². The molecule has 0 aromatic rings. The van der Waals surface area contributed by atoms with Gasteiger partial charge in [-0.1, -0.05) is 149 Å². The molecule has 0 saturated carbocycles. The monoisotopic (exact) mass is 424 g/mol. The third kappa shape index (κ3) is 22.2. The first-order valence-electron chi connectivity index (χ1n) is 13.9. The second-order valence-corrected chi connectivity index (χ2v) is 9.46. The minimum atomic E-state index is -0.0419. The molecule has 2 nitrogen and oxygen atoms in total. The Balaban J connectivity index is 3.80. The van der Waals surface area contributed by atoms with Crippen LogP contribution in [-0.4, -0.2) is 12.6 Å². The molecule has 0 saturated heterocycles. The maximum atomic E-state index is 11.4. The quantitative estimate of drug-likeness (QED) is 0.114. The lowest BCUT2D eigenvalue weighted by Gasteiger charge is -2.17. The summed E-state index contributed by atoms with van der Waals surface area (Å²) in [7, 11) is 0. The van der Waals surface area contributed by atoms with Crippen molar-refractivity contribution in [1.82, 2.24) is 0 Å². The highest BCUT2D eigenvalue weighted by Gasteiger charge is 2.10. The Labute approximate surface area is 190 Å². The number of hydrogen-bond donors (Lipinski definition) is 0. The molecular weight excluding hydrogens is 368 g/mol. The zero-order chi connectivity index (χ0) is 22.1. The molecule has 0 aromatic heterocycles. The number of hydrogen-bond acceptors (Lipinski definition) is 2. The average Bonchev–Trinajstić information content (AvgIpc) is 2.76. The molecule has 180 valence electrons. The number of carbonyl (C=O) groups is 1. The zero-order valence-electron chi connectivity index (χ0n) is 21.2. The molecule has 0 N–H and O–H groups in total. The Kier molecular flexibility index (Phi) is 24.3. The van der Waals surface area contributed by atoms with Crippen LogP contribution in [0.25, 0.3) is 0 Å². The highest BCUT2D eigenvalue weighted by atomic mass is 16.5. The third-order valence-corrected chi connectivity index (χ3v) is 6.51. The predicted molar refractivity (Wildman–Crippen MR) is 133 cm³/mol. The van der Waals surface area contributed by atoms with Crippen LogP contribution in [-0.2, 0) is 9.53 Å². The van der Waals surface area contributed by atoms with Crippen LogP contribution in [0.2, 0.25) is 0 Å². The van der Waals surface area contributed by atoms with Crippen LogP contribution in [0, 0.1) is 5.92 Å². The lowest BCUT2D eigenvalue weighted by Crippen LogP contribution is -2.09. The van der Waals surface area contributed by atoms with E-state index in [2.05, 4.69) is 13.8 Å². The van der Waals surface area contributed by atoms with Crippen molar-refractivity contribution in [2.45, 2.75) is 162 Å². The first-order valence-corrected chi connectivity index (χ1v) is 13.9. The third-order valence-electron chi connectivity index (χ3n) is 6.51. The minimum Gasteiger partial charge on any atom is -0.466 e. The summed E-state index contributed by atoms with van der Waals surface area (Å²) in [5.41, 5.74) is 0. The van der Waals surface area contributed by atoms with Crippen molar-refractivity contribution in [1.29, 1.82) is 0 Å². The van der Waals surface area contributed by atoms with Crippen LogP contribution in [0.4, 0.5) is 0 Å². The van der Waals surface area contributed by atoms with Gasteiger partial charge >= 0.3 is 5.97 Å². The van der Waals surface area contributed by atoms with Crippen molar-refractivity contribution in [3.05, 3.63) is 0 Å². The molecule has 0 bridgehead atoms. The zero-order valence-corrected chi connectivity index (χ0v) is 21.2. The van der Waals surface area contributed by atoms with E-state index in [0.717, 1.165) is 12.3 Å². The molecule has 1 atom stereocenters. The van der Waals surface area contributed by atoms with E-state index >= 15 is 0 Å². The van der Waals surface area contributed by atoms with E-state index in [1.165, 1.54) is 128 Å². The molecule has 0 aliphatic carbocycles. The van der Waals surface area contributed by atoms with Gasteiger partial charge in [-0.05, 0) is 12.3 Å². The Hall–Kier alpha value is -0.530.